The lowest BCUT2D eigenvalue weighted by Gasteiger charge is -2.12. The van der Waals surface area contributed by atoms with E-state index in [1.165, 1.54) is 0 Å². The van der Waals surface area contributed by atoms with Crippen molar-refractivity contribution in [1.29, 1.82) is 0 Å². The Morgan fingerprint density at radius 2 is 1.88 bits per heavy atom. The van der Waals surface area contributed by atoms with Crippen molar-refractivity contribution in [1.82, 2.24) is 0 Å². The zero-order valence-electron chi connectivity index (χ0n) is 7.85. The van der Waals surface area contributed by atoms with Crippen molar-refractivity contribution in [3.8, 4) is 5.75 Å². The first-order valence-corrected chi connectivity index (χ1v) is 4.09. The van der Waals surface area contributed by atoms with Crippen LogP contribution in [0.4, 0.5) is 4.39 Å². The molecule has 0 unspecified atom stereocenters. The summed E-state index contributed by atoms with van der Waals surface area (Å²) in [6.07, 6.45) is 0. The van der Waals surface area contributed by atoms with Gasteiger partial charge >= 0.3 is 11.9 Å². The van der Waals surface area contributed by atoms with Crippen molar-refractivity contribution in [3.05, 3.63) is 29.1 Å². The topological polar surface area (TPSA) is 121 Å². The lowest BCUT2D eigenvalue weighted by Crippen LogP contribution is -2.23. The van der Waals surface area contributed by atoms with Crippen LogP contribution in [0.5, 0.6) is 5.75 Å². The molecule has 7 heteroatoms. The van der Waals surface area contributed by atoms with Crippen LogP contribution in [0.1, 0.15) is 22.0 Å². The Bertz CT molecular complexity index is 459. The Morgan fingerprint density at radius 3 is 2.31 bits per heavy atom. The van der Waals surface area contributed by atoms with Gasteiger partial charge in [-0.1, -0.05) is 0 Å². The lowest BCUT2D eigenvalue weighted by atomic mass is 9.99. The quantitative estimate of drug-likeness (QED) is 0.592. The number of aromatic hydroxyl groups is 1. The highest BCUT2D eigenvalue weighted by Crippen LogP contribution is 2.29. The first-order chi connectivity index (χ1) is 7.36. The van der Waals surface area contributed by atoms with E-state index in [4.69, 9.17) is 15.9 Å². The summed E-state index contributed by atoms with van der Waals surface area (Å²) in [7, 11) is 0. The minimum atomic E-state index is -1.80. The summed E-state index contributed by atoms with van der Waals surface area (Å²) in [5.74, 6) is -5.25. The Labute approximate surface area is 88.7 Å². The summed E-state index contributed by atoms with van der Waals surface area (Å²) < 4.78 is 13.0. The molecule has 0 aliphatic heterocycles. The summed E-state index contributed by atoms with van der Waals surface area (Å²) >= 11 is 0. The van der Waals surface area contributed by atoms with E-state index in [0.717, 1.165) is 12.1 Å². The van der Waals surface area contributed by atoms with Gasteiger partial charge in [-0.3, -0.25) is 4.79 Å². The second-order valence-electron chi connectivity index (χ2n) is 2.98. The second kappa shape index (κ2) is 4.15. The van der Waals surface area contributed by atoms with E-state index in [1.807, 2.05) is 0 Å². The third-order valence-electron chi connectivity index (χ3n) is 1.98. The van der Waals surface area contributed by atoms with Crippen LogP contribution in [0.2, 0.25) is 0 Å². The Kier molecular flexibility index (Phi) is 3.09. The van der Waals surface area contributed by atoms with Crippen molar-refractivity contribution in [3.63, 3.8) is 0 Å². The third-order valence-corrected chi connectivity index (χ3v) is 1.98. The van der Waals surface area contributed by atoms with E-state index in [-0.39, 0.29) is 0 Å². The number of rotatable bonds is 3. The maximum Gasteiger partial charge on any atom is 0.336 e. The highest BCUT2D eigenvalue weighted by molar-refractivity contribution is 5.93. The minimum absolute atomic E-state index is 0.547. The maximum atomic E-state index is 13.0. The molecule has 0 aliphatic rings. The number of carbonyl (C=O) groups is 2. The van der Waals surface area contributed by atoms with Crippen molar-refractivity contribution >= 4 is 11.9 Å². The summed E-state index contributed by atoms with van der Waals surface area (Å²) in [4.78, 5) is 21.3. The number of aromatic carboxylic acids is 1. The molecular formula is C9H8FNO5. The molecule has 86 valence electrons. The highest BCUT2D eigenvalue weighted by atomic mass is 19.1. The first kappa shape index (κ1) is 11.9. The fraction of sp³-hybridized carbons (Fsp3) is 0.111. The number of carboxylic acids is 2. The standard InChI is InChI=1S/C9H8FNO5/c10-4-2-1-3(8(13)14)5(7(4)12)6(11)9(15)16/h1-2,6,12H,11H2,(H,13,14)(H,15,16)/t6-/m0/s1. The molecule has 6 nitrogen and oxygen atoms in total. The van der Waals surface area contributed by atoms with E-state index >= 15 is 0 Å². The fourth-order valence-corrected chi connectivity index (χ4v) is 1.21. The van der Waals surface area contributed by atoms with Crippen LogP contribution in [0.15, 0.2) is 12.1 Å². The highest BCUT2D eigenvalue weighted by Gasteiger charge is 2.26. The fourth-order valence-electron chi connectivity index (χ4n) is 1.21. The van der Waals surface area contributed by atoms with Gasteiger partial charge in [-0.25, -0.2) is 9.18 Å². The summed E-state index contributed by atoms with van der Waals surface area (Å²) in [5.41, 5.74) is 3.96. The molecule has 0 amide bonds. The number of aliphatic carboxylic acids is 1. The van der Waals surface area contributed by atoms with Gasteiger partial charge in [0.2, 0.25) is 0 Å². The van der Waals surface area contributed by atoms with E-state index < -0.39 is 40.7 Å². The van der Waals surface area contributed by atoms with Gasteiger partial charge in [0.25, 0.3) is 0 Å². The van der Waals surface area contributed by atoms with Crippen LogP contribution in [-0.2, 0) is 4.79 Å². The third kappa shape index (κ3) is 1.94. The smallest absolute Gasteiger partial charge is 0.336 e. The molecule has 1 aromatic rings. The average Bonchev–Trinajstić information content (AvgIpc) is 2.20. The van der Waals surface area contributed by atoms with Gasteiger partial charge in [0.15, 0.2) is 11.6 Å². The van der Waals surface area contributed by atoms with Gasteiger partial charge in [0, 0.05) is 5.56 Å². The molecule has 0 spiro atoms. The van der Waals surface area contributed by atoms with Crippen molar-refractivity contribution < 1.29 is 29.3 Å². The van der Waals surface area contributed by atoms with Crippen molar-refractivity contribution in [2.75, 3.05) is 0 Å². The van der Waals surface area contributed by atoms with Gasteiger partial charge in [-0.2, -0.15) is 0 Å². The molecular weight excluding hydrogens is 221 g/mol. The Morgan fingerprint density at radius 1 is 1.31 bits per heavy atom. The van der Waals surface area contributed by atoms with Crippen LogP contribution in [0.3, 0.4) is 0 Å². The van der Waals surface area contributed by atoms with Crippen molar-refractivity contribution in [2.45, 2.75) is 6.04 Å². The van der Waals surface area contributed by atoms with E-state index in [1.54, 1.807) is 0 Å². The molecule has 0 aliphatic carbocycles. The minimum Gasteiger partial charge on any atom is -0.505 e. The molecule has 1 rings (SSSR count). The van der Waals surface area contributed by atoms with Gasteiger partial charge in [0.1, 0.15) is 6.04 Å². The normalized spacial score (nSPS) is 12.1. The van der Waals surface area contributed by atoms with Gasteiger partial charge in [0.05, 0.1) is 5.56 Å². The number of halogens is 1. The molecule has 0 radical (unpaired) electrons. The molecule has 1 aromatic carbocycles. The number of benzene rings is 1. The molecule has 1 atom stereocenters. The largest absolute Gasteiger partial charge is 0.505 e. The average molecular weight is 229 g/mol. The second-order valence-corrected chi connectivity index (χ2v) is 2.98. The predicted molar refractivity (Wildman–Crippen MR) is 49.6 cm³/mol. The molecule has 0 saturated carbocycles. The molecule has 0 saturated heterocycles. The monoisotopic (exact) mass is 229 g/mol. The van der Waals surface area contributed by atoms with E-state index in [2.05, 4.69) is 0 Å². The summed E-state index contributed by atoms with van der Waals surface area (Å²) in [5, 5.41) is 26.6. The molecule has 0 fully saturated rings. The number of carboxylic acid groups (broad SMARTS) is 2. The molecule has 0 aromatic heterocycles. The summed E-state index contributed by atoms with van der Waals surface area (Å²) in [6.45, 7) is 0. The molecule has 0 bridgehead atoms. The van der Waals surface area contributed by atoms with Gasteiger partial charge in [-0.15, -0.1) is 0 Å². The van der Waals surface area contributed by atoms with Crippen LogP contribution in [-0.4, -0.2) is 27.3 Å². The molecule has 5 N–H and O–H groups in total. The van der Waals surface area contributed by atoms with Crippen LogP contribution < -0.4 is 5.73 Å². The van der Waals surface area contributed by atoms with Gasteiger partial charge < -0.3 is 21.1 Å². The van der Waals surface area contributed by atoms with E-state index in [0.29, 0.717) is 0 Å². The lowest BCUT2D eigenvalue weighted by molar-refractivity contribution is -0.138. The number of phenols is 1. The van der Waals surface area contributed by atoms with Crippen molar-refractivity contribution in [2.24, 2.45) is 5.73 Å². The SMILES string of the molecule is N[C@H](C(=O)O)c1c(C(=O)O)ccc(F)c1O. The van der Waals surface area contributed by atoms with Crippen LogP contribution >= 0.6 is 0 Å². The zero-order valence-corrected chi connectivity index (χ0v) is 7.85. The van der Waals surface area contributed by atoms with E-state index in [9.17, 15) is 19.1 Å². The number of hydrogen-bond donors (Lipinski definition) is 4. The van der Waals surface area contributed by atoms with Crippen LogP contribution in [0, 0.1) is 5.82 Å². The van der Waals surface area contributed by atoms with Gasteiger partial charge in [-0.05, 0) is 12.1 Å². The number of hydrogen-bond acceptors (Lipinski definition) is 4. The number of phenolic OH excluding ortho intramolecular Hbond substituents is 1. The number of nitrogens with two attached hydrogens (primary N) is 1. The predicted octanol–water partition coefficient (Wildman–Crippen LogP) is 0.314. The molecule has 0 heterocycles. The summed E-state index contributed by atoms with van der Waals surface area (Å²) in [6, 6.07) is -0.242. The first-order valence-electron chi connectivity index (χ1n) is 4.09. The maximum absolute atomic E-state index is 13.0. The zero-order chi connectivity index (χ0) is 12.5. The van der Waals surface area contributed by atoms with Crippen LogP contribution in [0.25, 0.3) is 0 Å². The Hall–Kier alpha value is -2.15. The Balaban J connectivity index is 3.49. The molecule has 16 heavy (non-hydrogen) atoms.